The Morgan fingerprint density at radius 2 is 1.97 bits per heavy atom. The van der Waals surface area contributed by atoms with Crippen LogP contribution in [0.4, 0.5) is 4.39 Å². The highest BCUT2D eigenvalue weighted by molar-refractivity contribution is 5.79. The van der Waals surface area contributed by atoms with E-state index in [0.29, 0.717) is 13.1 Å². The lowest BCUT2D eigenvalue weighted by Gasteiger charge is -2.26. The van der Waals surface area contributed by atoms with E-state index in [1.165, 1.54) is 12.1 Å². The SMILES string of the molecule is COc1ccccc1CN(CC1CCCO1)C(=O)Cc1c(C)nn(-c2ccc(F)cc2)c1C. The van der Waals surface area contributed by atoms with Crippen molar-refractivity contribution < 1.29 is 18.7 Å². The number of benzene rings is 2. The van der Waals surface area contributed by atoms with Crippen molar-refractivity contribution in [3.05, 3.63) is 76.9 Å². The second-order valence-corrected chi connectivity index (χ2v) is 8.44. The zero-order valence-electron chi connectivity index (χ0n) is 19.4. The van der Waals surface area contributed by atoms with Gasteiger partial charge in [-0.1, -0.05) is 18.2 Å². The van der Waals surface area contributed by atoms with Gasteiger partial charge >= 0.3 is 0 Å². The lowest BCUT2D eigenvalue weighted by Crippen LogP contribution is -2.38. The second-order valence-electron chi connectivity index (χ2n) is 8.44. The number of hydrogen-bond donors (Lipinski definition) is 0. The maximum absolute atomic E-state index is 13.5. The molecule has 6 nitrogen and oxygen atoms in total. The van der Waals surface area contributed by atoms with Crippen LogP contribution in [0.1, 0.15) is 35.4 Å². The van der Waals surface area contributed by atoms with Crippen molar-refractivity contribution in [2.75, 3.05) is 20.3 Å². The Morgan fingerprint density at radius 3 is 2.67 bits per heavy atom. The minimum atomic E-state index is -0.295. The third-order valence-corrected chi connectivity index (χ3v) is 6.19. The monoisotopic (exact) mass is 451 g/mol. The largest absolute Gasteiger partial charge is 0.496 e. The Bertz CT molecular complexity index is 1100. The first-order chi connectivity index (χ1) is 16.0. The van der Waals surface area contributed by atoms with Crippen LogP contribution < -0.4 is 4.74 Å². The fraction of sp³-hybridized carbons (Fsp3) is 0.385. The summed E-state index contributed by atoms with van der Waals surface area (Å²) in [5.74, 6) is 0.484. The summed E-state index contributed by atoms with van der Waals surface area (Å²) in [5, 5.41) is 4.62. The van der Waals surface area contributed by atoms with Crippen LogP contribution in [0, 0.1) is 19.7 Å². The van der Waals surface area contributed by atoms with E-state index in [0.717, 1.165) is 53.4 Å². The molecule has 33 heavy (non-hydrogen) atoms. The first-order valence-corrected chi connectivity index (χ1v) is 11.3. The van der Waals surface area contributed by atoms with Crippen molar-refractivity contribution in [3.63, 3.8) is 0 Å². The average molecular weight is 452 g/mol. The van der Waals surface area contributed by atoms with E-state index in [1.54, 1.807) is 23.9 Å². The minimum Gasteiger partial charge on any atom is -0.496 e. The molecule has 0 saturated carbocycles. The summed E-state index contributed by atoms with van der Waals surface area (Å²) in [5.41, 5.74) is 4.28. The zero-order valence-corrected chi connectivity index (χ0v) is 19.4. The first-order valence-electron chi connectivity index (χ1n) is 11.3. The molecule has 0 N–H and O–H groups in total. The van der Waals surface area contributed by atoms with E-state index in [2.05, 4.69) is 5.10 Å². The van der Waals surface area contributed by atoms with E-state index < -0.39 is 0 Å². The number of hydrogen-bond acceptors (Lipinski definition) is 4. The average Bonchev–Trinajstić information content (AvgIpc) is 3.43. The van der Waals surface area contributed by atoms with E-state index in [4.69, 9.17) is 9.47 Å². The van der Waals surface area contributed by atoms with Crippen molar-refractivity contribution in [2.45, 2.75) is 45.8 Å². The van der Waals surface area contributed by atoms with Crippen LogP contribution >= 0.6 is 0 Å². The van der Waals surface area contributed by atoms with Crippen LogP contribution in [0.3, 0.4) is 0 Å². The third kappa shape index (κ3) is 5.25. The highest BCUT2D eigenvalue weighted by atomic mass is 19.1. The van der Waals surface area contributed by atoms with Gasteiger partial charge in [-0.15, -0.1) is 0 Å². The number of carbonyl (C=O) groups is 1. The molecule has 0 radical (unpaired) electrons. The summed E-state index contributed by atoms with van der Waals surface area (Å²) >= 11 is 0. The molecule has 1 aliphatic heterocycles. The van der Waals surface area contributed by atoms with Crippen LogP contribution in [0.25, 0.3) is 5.69 Å². The second kappa shape index (κ2) is 10.2. The molecular formula is C26H30FN3O3. The molecule has 1 amide bonds. The predicted molar refractivity (Wildman–Crippen MR) is 124 cm³/mol. The Hall–Kier alpha value is -3.19. The summed E-state index contributed by atoms with van der Waals surface area (Å²) in [6, 6.07) is 14.0. The number of para-hydroxylation sites is 1. The van der Waals surface area contributed by atoms with Gasteiger partial charge in [0.15, 0.2) is 0 Å². The van der Waals surface area contributed by atoms with Crippen molar-refractivity contribution in [3.8, 4) is 11.4 Å². The van der Waals surface area contributed by atoms with Gasteiger partial charge in [0.2, 0.25) is 5.91 Å². The lowest BCUT2D eigenvalue weighted by molar-refractivity contribution is -0.132. The molecule has 1 fully saturated rings. The predicted octanol–water partition coefficient (Wildman–Crippen LogP) is 4.39. The number of ether oxygens (including phenoxy) is 2. The number of carbonyl (C=O) groups excluding carboxylic acids is 1. The standard InChI is InChI=1S/C26H30FN3O3/c1-18-24(19(2)30(28-18)22-12-10-21(27)11-13-22)15-26(31)29(17-23-8-6-14-33-23)16-20-7-4-5-9-25(20)32-3/h4-5,7,9-13,23H,6,8,14-17H2,1-3H3. The highest BCUT2D eigenvalue weighted by Crippen LogP contribution is 2.24. The van der Waals surface area contributed by atoms with Gasteiger partial charge in [-0.25, -0.2) is 9.07 Å². The zero-order chi connectivity index (χ0) is 23.4. The van der Waals surface area contributed by atoms with Crippen LogP contribution in [0.15, 0.2) is 48.5 Å². The normalized spacial score (nSPS) is 15.6. The Kier molecular flexibility index (Phi) is 7.08. The molecule has 0 spiro atoms. The fourth-order valence-corrected chi connectivity index (χ4v) is 4.36. The number of nitrogens with zero attached hydrogens (tertiary/aromatic N) is 3. The molecule has 1 saturated heterocycles. The summed E-state index contributed by atoms with van der Waals surface area (Å²) in [6.45, 7) is 5.58. The molecule has 2 aromatic carbocycles. The minimum absolute atomic E-state index is 0.0151. The van der Waals surface area contributed by atoms with Crippen molar-refractivity contribution in [1.29, 1.82) is 0 Å². The molecule has 2 heterocycles. The van der Waals surface area contributed by atoms with Gasteiger partial charge in [-0.2, -0.15) is 5.10 Å². The van der Waals surface area contributed by atoms with Gasteiger partial charge in [0, 0.05) is 36.5 Å². The van der Waals surface area contributed by atoms with Gasteiger partial charge in [0.05, 0.1) is 31.0 Å². The van der Waals surface area contributed by atoms with Crippen molar-refractivity contribution >= 4 is 5.91 Å². The van der Waals surface area contributed by atoms with Crippen LogP contribution in [0.2, 0.25) is 0 Å². The quantitative estimate of drug-likeness (QED) is 0.510. The topological polar surface area (TPSA) is 56.6 Å². The fourth-order valence-electron chi connectivity index (χ4n) is 4.36. The van der Waals surface area contributed by atoms with Crippen molar-refractivity contribution in [1.82, 2.24) is 14.7 Å². The molecule has 1 atom stereocenters. The highest BCUT2D eigenvalue weighted by Gasteiger charge is 2.25. The molecule has 1 aromatic heterocycles. The van der Waals surface area contributed by atoms with Crippen LogP contribution in [-0.4, -0.2) is 47.0 Å². The molecular weight excluding hydrogens is 421 g/mol. The third-order valence-electron chi connectivity index (χ3n) is 6.19. The molecule has 7 heteroatoms. The van der Waals surface area contributed by atoms with Gasteiger partial charge in [-0.3, -0.25) is 4.79 Å². The molecule has 1 unspecified atom stereocenters. The molecule has 4 rings (SSSR count). The molecule has 0 aliphatic carbocycles. The molecule has 1 aliphatic rings. The Morgan fingerprint density at radius 1 is 1.21 bits per heavy atom. The Labute approximate surface area is 193 Å². The van der Waals surface area contributed by atoms with E-state index in [-0.39, 0.29) is 24.2 Å². The Balaban J connectivity index is 1.58. The summed E-state index contributed by atoms with van der Waals surface area (Å²) in [6.07, 6.45) is 2.26. The van der Waals surface area contributed by atoms with Gasteiger partial charge in [0.25, 0.3) is 0 Å². The van der Waals surface area contributed by atoms with Gasteiger partial charge in [-0.05, 0) is 57.0 Å². The number of rotatable bonds is 8. The number of methoxy groups -OCH3 is 1. The van der Waals surface area contributed by atoms with Crippen LogP contribution in [-0.2, 0) is 22.5 Å². The molecule has 0 bridgehead atoms. The number of halogens is 1. The smallest absolute Gasteiger partial charge is 0.227 e. The van der Waals surface area contributed by atoms with E-state index in [9.17, 15) is 9.18 Å². The molecule has 174 valence electrons. The van der Waals surface area contributed by atoms with Crippen LogP contribution in [0.5, 0.6) is 5.75 Å². The van der Waals surface area contributed by atoms with Crippen molar-refractivity contribution in [2.24, 2.45) is 0 Å². The summed E-state index contributed by atoms with van der Waals surface area (Å²) in [7, 11) is 1.64. The number of aryl methyl sites for hydroxylation is 1. The van der Waals surface area contributed by atoms with E-state index in [1.807, 2.05) is 43.0 Å². The summed E-state index contributed by atoms with van der Waals surface area (Å²) < 4.78 is 26.4. The lowest BCUT2D eigenvalue weighted by atomic mass is 10.1. The first kappa shape index (κ1) is 23.0. The van der Waals surface area contributed by atoms with Gasteiger partial charge < -0.3 is 14.4 Å². The summed E-state index contributed by atoms with van der Waals surface area (Å²) in [4.78, 5) is 15.4. The number of amides is 1. The van der Waals surface area contributed by atoms with E-state index >= 15 is 0 Å². The number of aromatic nitrogens is 2. The van der Waals surface area contributed by atoms with Gasteiger partial charge in [0.1, 0.15) is 11.6 Å². The maximum Gasteiger partial charge on any atom is 0.227 e. The maximum atomic E-state index is 13.5. The molecule has 3 aromatic rings.